The Balaban J connectivity index is 1.51. The van der Waals surface area contributed by atoms with Crippen molar-refractivity contribution in [3.63, 3.8) is 0 Å². The maximum Gasteiger partial charge on any atom is 0.243 e. The third-order valence-corrected chi connectivity index (χ3v) is 3.70. The van der Waals surface area contributed by atoms with Gasteiger partial charge in [0, 0.05) is 25.5 Å². The number of hydrogen-bond donors (Lipinski definition) is 1. The molecule has 2 heterocycles. The first-order valence-electron chi connectivity index (χ1n) is 7.86. The molecule has 0 atom stereocenters. The lowest BCUT2D eigenvalue weighted by Crippen LogP contribution is -2.25. The lowest BCUT2D eigenvalue weighted by molar-refractivity contribution is -0.132. The molecule has 1 aliphatic heterocycles. The Morgan fingerprint density at radius 3 is 2.58 bits per heavy atom. The summed E-state index contributed by atoms with van der Waals surface area (Å²) in [6.07, 6.45) is 2.58. The first kappa shape index (κ1) is 15.9. The molecule has 1 aromatic carbocycles. The second-order valence-electron chi connectivity index (χ2n) is 5.44. The Labute approximate surface area is 140 Å². The van der Waals surface area contributed by atoms with Crippen molar-refractivity contribution in [1.29, 1.82) is 0 Å². The molecular formula is C18H18N4O2. The summed E-state index contributed by atoms with van der Waals surface area (Å²) in [4.78, 5) is 28.1. The Bertz CT molecular complexity index is 744. The number of hydrogen-bond acceptors (Lipinski definition) is 4. The Morgan fingerprint density at radius 2 is 1.83 bits per heavy atom. The summed E-state index contributed by atoms with van der Waals surface area (Å²) in [6, 6.07) is 15.1. The second-order valence-corrected chi connectivity index (χ2v) is 5.44. The third-order valence-electron chi connectivity index (χ3n) is 3.70. The molecule has 24 heavy (non-hydrogen) atoms. The van der Waals surface area contributed by atoms with Gasteiger partial charge in [0.15, 0.2) is 0 Å². The molecule has 0 radical (unpaired) electrons. The highest BCUT2D eigenvalue weighted by atomic mass is 16.2. The van der Waals surface area contributed by atoms with Crippen molar-refractivity contribution in [3.05, 3.63) is 60.3 Å². The summed E-state index contributed by atoms with van der Waals surface area (Å²) in [6.45, 7) is 0.560. The lowest BCUT2D eigenvalue weighted by Gasteiger charge is -2.11. The predicted octanol–water partition coefficient (Wildman–Crippen LogP) is 2.44. The van der Waals surface area contributed by atoms with Gasteiger partial charge < -0.3 is 5.32 Å². The van der Waals surface area contributed by atoms with Crippen LogP contribution in [0.1, 0.15) is 24.8 Å². The SMILES string of the molecule is O=C(CCC(=O)N1CCC(c2ccccc2)=N1)Nc1ccccn1. The number of carbonyl (C=O) groups excluding carboxylic acids is 2. The van der Waals surface area contributed by atoms with Crippen LogP contribution < -0.4 is 5.32 Å². The number of nitrogens with one attached hydrogen (secondary N) is 1. The maximum atomic E-state index is 12.2. The minimum atomic E-state index is -0.228. The van der Waals surface area contributed by atoms with Gasteiger partial charge in [0.1, 0.15) is 5.82 Å². The van der Waals surface area contributed by atoms with Gasteiger partial charge in [0.05, 0.1) is 12.3 Å². The van der Waals surface area contributed by atoms with Crippen molar-refractivity contribution in [1.82, 2.24) is 9.99 Å². The molecule has 6 heteroatoms. The fourth-order valence-electron chi connectivity index (χ4n) is 2.46. The van der Waals surface area contributed by atoms with Gasteiger partial charge in [-0.25, -0.2) is 9.99 Å². The van der Waals surface area contributed by atoms with Gasteiger partial charge in [0.2, 0.25) is 11.8 Å². The quantitative estimate of drug-likeness (QED) is 0.918. The van der Waals surface area contributed by atoms with E-state index in [-0.39, 0.29) is 24.7 Å². The highest BCUT2D eigenvalue weighted by molar-refractivity contribution is 6.02. The molecule has 0 spiro atoms. The molecule has 0 unspecified atom stereocenters. The van der Waals surface area contributed by atoms with E-state index in [1.165, 1.54) is 5.01 Å². The van der Waals surface area contributed by atoms with Gasteiger partial charge >= 0.3 is 0 Å². The van der Waals surface area contributed by atoms with Gasteiger partial charge in [-0.15, -0.1) is 0 Å². The van der Waals surface area contributed by atoms with Gasteiger partial charge in [-0.05, 0) is 17.7 Å². The van der Waals surface area contributed by atoms with Crippen molar-refractivity contribution in [2.75, 3.05) is 11.9 Å². The molecule has 1 aromatic heterocycles. The van der Waals surface area contributed by atoms with Crippen molar-refractivity contribution < 1.29 is 9.59 Å². The molecule has 1 N–H and O–H groups in total. The number of benzene rings is 1. The van der Waals surface area contributed by atoms with E-state index in [0.717, 1.165) is 17.7 Å². The highest BCUT2D eigenvalue weighted by Gasteiger charge is 2.21. The van der Waals surface area contributed by atoms with Crippen LogP contribution >= 0.6 is 0 Å². The standard InChI is InChI=1S/C18H18N4O2/c23-17(20-16-8-4-5-12-19-16)9-10-18(24)22-13-11-15(21-22)14-6-2-1-3-7-14/h1-8,12H,9-11,13H2,(H,19,20,23). The predicted molar refractivity (Wildman–Crippen MR) is 91.4 cm³/mol. The van der Waals surface area contributed by atoms with Crippen LogP contribution in [0.25, 0.3) is 0 Å². The molecule has 0 aliphatic carbocycles. The zero-order chi connectivity index (χ0) is 16.8. The van der Waals surface area contributed by atoms with Crippen molar-refractivity contribution in [3.8, 4) is 0 Å². The van der Waals surface area contributed by atoms with Crippen LogP contribution in [0, 0.1) is 0 Å². The van der Waals surface area contributed by atoms with Crippen LogP contribution in [0.4, 0.5) is 5.82 Å². The van der Waals surface area contributed by atoms with E-state index in [9.17, 15) is 9.59 Å². The number of carbonyl (C=O) groups is 2. The zero-order valence-electron chi connectivity index (χ0n) is 13.2. The van der Waals surface area contributed by atoms with Crippen LogP contribution in [-0.4, -0.2) is 34.1 Å². The average molecular weight is 322 g/mol. The summed E-state index contributed by atoms with van der Waals surface area (Å²) < 4.78 is 0. The van der Waals surface area contributed by atoms with Gasteiger partial charge in [-0.1, -0.05) is 36.4 Å². The first-order chi connectivity index (χ1) is 11.7. The molecule has 0 fully saturated rings. The maximum absolute atomic E-state index is 12.2. The number of anilines is 1. The molecule has 1 aliphatic rings. The minimum absolute atomic E-state index is 0.113. The van der Waals surface area contributed by atoms with E-state index >= 15 is 0 Å². The highest BCUT2D eigenvalue weighted by Crippen LogP contribution is 2.15. The molecule has 3 rings (SSSR count). The van der Waals surface area contributed by atoms with Crippen molar-refractivity contribution >= 4 is 23.3 Å². The minimum Gasteiger partial charge on any atom is -0.311 e. The Kier molecular flexibility index (Phi) is 4.96. The molecule has 122 valence electrons. The van der Waals surface area contributed by atoms with Gasteiger partial charge in [-0.2, -0.15) is 5.10 Å². The van der Waals surface area contributed by atoms with Crippen molar-refractivity contribution in [2.45, 2.75) is 19.3 Å². The van der Waals surface area contributed by atoms with Gasteiger partial charge in [0.25, 0.3) is 0 Å². The zero-order valence-corrected chi connectivity index (χ0v) is 13.2. The van der Waals surface area contributed by atoms with Crippen molar-refractivity contribution in [2.24, 2.45) is 5.10 Å². The summed E-state index contributed by atoms with van der Waals surface area (Å²) in [5, 5.41) is 8.50. The van der Waals surface area contributed by atoms with Crippen LogP contribution in [-0.2, 0) is 9.59 Å². The number of hydrazone groups is 1. The van der Waals surface area contributed by atoms with Crippen LogP contribution in [0.15, 0.2) is 59.8 Å². The second kappa shape index (κ2) is 7.50. The van der Waals surface area contributed by atoms with Crippen LogP contribution in [0.2, 0.25) is 0 Å². The largest absolute Gasteiger partial charge is 0.311 e. The van der Waals surface area contributed by atoms with Crippen LogP contribution in [0.3, 0.4) is 0 Å². The number of pyridine rings is 1. The molecule has 2 aromatic rings. The molecular weight excluding hydrogens is 304 g/mol. The van der Waals surface area contributed by atoms with E-state index in [1.807, 2.05) is 30.3 Å². The Hall–Kier alpha value is -3.02. The van der Waals surface area contributed by atoms with E-state index in [2.05, 4.69) is 15.4 Å². The number of nitrogens with zero attached hydrogens (tertiary/aromatic N) is 3. The normalized spacial score (nSPS) is 13.5. The summed E-state index contributed by atoms with van der Waals surface area (Å²) in [5.74, 6) is 0.117. The monoisotopic (exact) mass is 322 g/mol. The van der Waals surface area contributed by atoms with Crippen LogP contribution in [0.5, 0.6) is 0 Å². The molecule has 0 saturated carbocycles. The summed E-state index contributed by atoms with van der Waals surface area (Å²) in [7, 11) is 0. The number of rotatable bonds is 5. The van der Waals surface area contributed by atoms with E-state index < -0.39 is 0 Å². The van der Waals surface area contributed by atoms with Gasteiger partial charge in [-0.3, -0.25) is 9.59 Å². The molecule has 0 bridgehead atoms. The molecule has 6 nitrogen and oxygen atoms in total. The summed E-state index contributed by atoms with van der Waals surface area (Å²) >= 11 is 0. The lowest BCUT2D eigenvalue weighted by atomic mass is 10.1. The third kappa shape index (κ3) is 4.04. The fourth-order valence-corrected chi connectivity index (χ4v) is 2.46. The summed E-state index contributed by atoms with van der Waals surface area (Å²) in [5.41, 5.74) is 1.93. The molecule has 2 amide bonds. The fraction of sp³-hybridized carbons (Fsp3) is 0.222. The topological polar surface area (TPSA) is 74.7 Å². The van der Waals surface area contributed by atoms with E-state index in [4.69, 9.17) is 0 Å². The average Bonchev–Trinajstić information content (AvgIpc) is 3.11. The Morgan fingerprint density at radius 1 is 1.04 bits per heavy atom. The molecule has 0 saturated heterocycles. The number of amides is 2. The van der Waals surface area contributed by atoms with E-state index in [1.54, 1.807) is 24.4 Å². The smallest absolute Gasteiger partial charge is 0.243 e. The van der Waals surface area contributed by atoms with E-state index in [0.29, 0.717) is 12.4 Å². The first-order valence-corrected chi connectivity index (χ1v) is 7.86. The number of aromatic nitrogens is 1.